The fourth-order valence-corrected chi connectivity index (χ4v) is 4.34. The molecule has 0 aliphatic carbocycles. The number of nitrogens with one attached hydrogen (secondary N) is 1. The lowest BCUT2D eigenvalue weighted by Crippen LogP contribution is -2.45. The molecule has 176 valence electrons. The van der Waals surface area contributed by atoms with Gasteiger partial charge in [0, 0.05) is 22.4 Å². The van der Waals surface area contributed by atoms with E-state index < -0.39 is 23.5 Å². The zero-order chi connectivity index (χ0) is 24.6. The number of hydrogen-bond acceptors (Lipinski definition) is 5. The van der Waals surface area contributed by atoms with Crippen molar-refractivity contribution in [3.05, 3.63) is 69.8 Å². The first-order valence-corrected chi connectivity index (χ1v) is 11.3. The van der Waals surface area contributed by atoms with Gasteiger partial charge in [-0.25, -0.2) is 9.59 Å². The Morgan fingerprint density at radius 3 is 2.35 bits per heavy atom. The first-order chi connectivity index (χ1) is 16.2. The zero-order valence-electron chi connectivity index (χ0n) is 19.6. The first-order valence-electron chi connectivity index (χ1n) is 11.3. The van der Waals surface area contributed by atoms with Gasteiger partial charge < -0.3 is 19.3 Å². The van der Waals surface area contributed by atoms with E-state index in [1.54, 1.807) is 19.9 Å². The number of furan rings is 1. The fraction of sp³-hybridized carbons (Fsp3) is 0.296. The Morgan fingerprint density at radius 2 is 1.71 bits per heavy atom. The average molecular weight is 462 g/mol. The van der Waals surface area contributed by atoms with Gasteiger partial charge in [-0.3, -0.25) is 4.79 Å². The molecule has 0 saturated carbocycles. The van der Waals surface area contributed by atoms with E-state index in [2.05, 4.69) is 5.32 Å². The molecule has 2 aromatic carbocycles. The number of amides is 1. The van der Waals surface area contributed by atoms with E-state index in [9.17, 15) is 19.5 Å². The summed E-state index contributed by atoms with van der Waals surface area (Å²) in [5, 5.41) is 13.6. The molecule has 1 amide bonds. The molecule has 0 bridgehead atoms. The van der Waals surface area contributed by atoms with Crippen molar-refractivity contribution in [2.24, 2.45) is 5.92 Å². The predicted molar refractivity (Wildman–Crippen MR) is 130 cm³/mol. The third-order valence-corrected chi connectivity index (χ3v) is 6.47. The van der Waals surface area contributed by atoms with Gasteiger partial charge in [0.15, 0.2) is 0 Å². The largest absolute Gasteiger partial charge is 0.480 e. The van der Waals surface area contributed by atoms with Crippen LogP contribution in [-0.2, 0) is 16.0 Å². The SMILES string of the molecule is CCC(C)C(NC(=O)Cc1c(C)c2cc3c(-c4ccccc4)c(C)oc3cc2oc1=O)C(=O)O. The number of carbonyl (C=O) groups excluding carboxylic acids is 1. The van der Waals surface area contributed by atoms with E-state index in [4.69, 9.17) is 8.83 Å². The van der Waals surface area contributed by atoms with Gasteiger partial charge >= 0.3 is 11.6 Å². The third kappa shape index (κ3) is 4.21. The van der Waals surface area contributed by atoms with Crippen LogP contribution < -0.4 is 10.9 Å². The fourth-order valence-electron chi connectivity index (χ4n) is 4.34. The van der Waals surface area contributed by atoms with E-state index in [1.807, 2.05) is 50.2 Å². The van der Waals surface area contributed by atoms with E-state index in [0.717, 1.165) is 22.3 Å². The first kappa shape index (κ1) is 23.3. The van der Waals surface area contributed by atoms with Crippen molar-refractivity contribution in [1.82, 2.24) is 5.32 Å². The predicted octanol–water partition coefficient (Wildman–Crippen LogP) is 4.98. The molecule has 0 saturated heterocycles. The summed E-state index contributed by atoms with van der Waals surface area (Å²) in [7, 11) is 0. The molecule has 0 radical (unpaired) electrons. The van der Waals surface area contributed by atoms with Crippen LogP contribution >= 0.6 is 0 Å². The summed E-state index contributed by atoms with van der Waals surface area (Å²) in [6, 6.07) is 12.5. The van der Waals surface area contributed by atoms with Crippen LogP contribution in [0.4, 0.5) is 0 Å². The number of carboxylic acids is 1. The van der Waals surface area contributed by atoms with Crippen LogP contribution in [0.15, 0.2) is 56.1 Å². The Bertz CT molecular complexity index is 1450. The number of benzene rings is 2. The van der Waals surface area contributed by atoms with Crippen LogP contribution in [0.5, 0.6) is 0 Å². The number of hydrogen-bond donors (Lipinski definition) is 2. The Kier molecular flexibility index (Phi) is 6.28. The highest BCUT2D eigenvalue weighted by atomic mass is 16.4. The second kappa shape index (κ2) is 9.17. The normalized spacial score (nSPS) is 13.2. The number of fused-ring (bicyclic) bond motifs is 2. The minimum absolute atomic E-state index is 0.208. The summed E-state index contributed by atoms with van der Waals surface area (Å²) in [6.45, 7) is 7.28. The maximum Gasteiger partial charge on any atom is 0.340 e. The minimum Gasteiger partial charge on any atom is -0.480 e. The van der Waals surface area contributed by atoms with Crippen LogP contribution in [0.2, 0.25) is 0 Å². The number of aliphatic carboxylic acids is 1. The van der Waals surface area contributed by atoms with Crippen molar-refractivity contribution in [2.45, 2.75) is 46.6 Å². The van der Waals surface area contributed by atoms with Crippen LogP contribution in [-0.4, -0.2) is 23.0 Å². The molecular weight excluding hydrogens is 434 g/mol. The second-order valence-corrected chi connectivity index (χ2v) is 8.68. The summed E-state index contributed by atoms with van der Waals surface area (Å²) in [6.07, 6.45) is 0.330. The van der Waals surface area contributed by atoms with Gasteiger partial charge in [-0.15, -0.1) is 0 Å². The third-order valence-electron chi connectivity index (χ3n) is 6.47. The zero-order valence-corrected chi connectivity index (χ0v) is 19.6. The van der Waals surface area contributed by atoms with Crippen molar-refractivity contribution in [3.63, 3.8) is 0 Å². The summed E-state index contributed by atoms with van der Waals surface area (Å²) < 4.78 is 11.5. The summed E-state index contributed by atoms with van der Waals surface area (Å²) in [4.78, 5) is 37.0. The Morgan fingerprint density at radius 1 is 1.03 bits per heavy atom. The van der Waals surface area contributed by atoms with Crippen molar-refractivity contribution in [1.29, 1.82) is 0 Å². The molecule has 0 aliphatic heterocycles. The molecule has 2 heterocycles. The van der Waals surface area contributed by atoms with Crippen LogP contribution in [0.25, 0.3) is 33.1 Å². The molecule has 4 rings (SSSR count). The van der Waals surface area contributed by atoms with E-state index in [0.29, 0.717) is 28.5 Å². The number of rotatable bonds is 7. The topological polar surface area (TPSA) is 110 Å². The maximum absolute atomic E-state index is 12.7. The van der Waals surface area contributed by atoms with Crippen LogP contribution in [0.3, 0.4) is 0 Å². The standard InChI is InChI=1S/C27H27NO6/c1-5-14(2)25(26(30)31)28-23(29)12-19-15(3)18-11-20-22(13-21(18)34-27(19)32)33-16(4)24(20)17-9-7-6-8-10-17/h6-11,13-14,25H,5,12H2,1-4H3,(H,28,29)(H,30,31). The van der Waals surface area contributed by atoms with Gasteiger partial charge in [-0.05, 0) is 37.0 Å². The quantitative estimate of drug-likeness (QED) is 0.376. The Hall–Kier alpha value is -3.87. The molecule has 7 nitrogen and oxygen atoms in total. The van der Waals surface area contributed by atoms with Crippen LogP contribution in [0.1, 0.15) is 37.2 Å². The second-order valence-electron chi connectivity index (χ2n) is 8.68. The molecule has 7 heteroatoms. The molecule has 2 aromatic heterocycles. The summed E-state index contributed by atoms with van der Waals surface area (Å²) in [5.41, 5.74) is 3.15. The molecule has 4 aromatic rings. The van der Waals surface area contributed by atoms with Crippen molar-refractivity contribution >= 4 is 33.8 Å². The van der Waals surface area contributed by atoms with Gasteiger partial charge in [0.1, 0.15) is 23.0 Å². The molecule has 2 unspecified atom stereocenters. The molecule has 34 heavy (non-hydrogen) atoms. The van der Waals surface area contributed by atoms with Gasteiger partial charge in [-0.2, -0.15) is 0 Å². The van der Waals surface area contributed by atoms with Gasteiger partial charge in [0.25, 0.3) is 0 Å². The molecule has 0 spiro atoms. The van der Waals surface area contributed by atoms with Crippen molar-refractivity contribution in [3.8, 4) is 11.1 Å². The van der Waals surface area contributed by atoms with Crippen molar-refractivity contribution in [2.75, 3.05) is 0 Å². The number of carboxylic acid groups (broad SMARTS) is 1. The molecular formula is C27H27NO6. The highest BCUT2D eigenvalue weighted by molar-refractivity contribution is 6.03. The Balaban J connectivity index is 1.77. The van der Waals surface area contributed by atoms with Gasteiger partial charge in [0.2, 0.25) is 5.91 Å². The molecule has 0 fully saturated rings. The van der Waals surface area contributed by atoms with E-state index in [-0.39, 0.29) is 17.9 Å². The lowest BCUT2D eigenvalue weighted by Gasteiger charge is -2.20. The Labute approximate surface area is 196 Å². The van der Waals surface area contributed by atoms with Crippen molar-refractivity contribution < 1.29 is 23.5 Å². The smallest absolute Gasteiger partial charge is 0.340 e. The average Bonchev–Trinajstić information content (AvgIpc) is 3.13. The monoisotopic (exact) mass is 461 g/mol. The highest BCUT2D eigenvalue weighted by Gasteiger charge is 2.26. The minimum atomic E-state index is -1.10. The lowest BCUT2D eigenvalue weighted by atomic mass is 9.97. The van der Waals surface area contributed by atoms with E-state index >= 15 is 0 Å². The molecule has 0 aliphatic rings. The van der Waals surface area contributed by atoms with Gasteiger partial charge in [0.05, 0.1) is 12.0 Å². The number of aryl methyl sites for hydroxylation is 2. The summed E-state index contributed by atoms with van der Waals surface area (Å²) in [5.74, 6) is -1.13. The maximum atomic E-state index is 12.7. The van der Waals surface area contributed by atoms with Gasteiger partial charge in [-0.1, -0.05) is 50.6 Å². The van der Waals surface area contributed by atoms with E-state index in [1.165, 1.54) is 0 Å². The molecule has 2 N–H and O–H groups in total. The molecule has 2 atom stereocenters. The lowest BCUT2D eigenvalue weighted by molar-refractivity contribution is -0.143. The summed E-state index contributed by atoms with van der Waals surface area (Å²) >= 11 is 0. The highest BCUT2D eigenvalue weighted by Crippen LogP contribution is 2.37. The van der Waals surface area contributed by atoms with Crippen LogP contribution in [0, 0.1) is 19.8 Å². The number of carbonyl (C=O) groups is 2.